The number of aryl methyl sites for hydroxylation is 1. The molecule has 0 amide bonds. The Balaban J connectivity index is 2.32. The summed E-state index contributed by atoms with van der Waals surface area (Å²) in [6.07, 6.45) is 1.44. The SMILES string of the molecule is CCCCS(=O)(=O)Nc1ccc2[nH]c(C(=O)OCC)c(C)c2c1. The molecule has 2 aromatic rings. The number of ether oxygens (including phenoxy) is 1. The van der Waals surface area contributed by atoms with E-state index in [1.807, 2.05) is 6.92 Å². The number of hydrogen-bond acceptors (Lipinski definition) is 4. The minimum absolute atomic E-state index is 0.0989. The molecular weight excluding hydrogens is 316 g/mol. The number of sulfonamides is 1. The van der Waals surface area contributed by atoms with Gasteiger partial charge in [0.2, 0.25) is 10.0 Å². The molecule has 0 bridgehead atoms. The van der Waals surface area contributed by atoms with E-state index < -0.39 is 16.0 Å². The smallest absolute Gasteiger partial charge is 0.355 e. The topological polar surface area (TPSA) is 88.3 Å². The Morgan fingerprint density at radius 3 is 2.70 bits per heavy atom. The number of aromatic amines is 1. The van der Waals surface area contributed by atoms with Crippen LogP contribution in [0, 0.1) is 6.92 Å². The minimum atomic E-state index is -3.35. The Labute approximate surface area is 136 Å². The molecule has 126 valence electrons. The molecule has 0 saturated carbocycles. The summed E-state index contributed by atoms with van der Waals surface area (Å²) in [7, 11) is -3.35. The van der Waals surface area contributed by atoms with Crippen LogP contribution in [-0.4, -0.2) is 31.7 Å². The second kappa shape index (κ2) is 7.04. The van der Waals surface area contributed by atoms with E-state index >= 15 is 0 Å². The van der Waals surface area contributed by atoms with E-state index in [9.17, 15) is 13.2 Å². The molecule has 0 aliphatic carbocycles. The second-order valence-corrected chi connectivity index (χ2v) is 7.22. The van der Waals surface area contributed by atoms with E-state index in [-0.39, 0.29) is 5.75 Å². The van der Waals surface area contributed by atoms with E-state index in [0.717, 1.165) is 22.9 Å². The molecule has 23 heavy (non-hydrogen) atoms. The summed E-state index contributed by atoms with van der Waals surface area (Å²) in [5, 5.41) is 0.795. The monoisotopic (exact) mass is 338 g/mol. The average molecular weight is 338 g/mol. The maximum absolute atomic E-state index is 12.0. The van der Waals surface area contributed by atoms with Gasteiger partial charge in [-0.25, -0.2) is 13.2 Å². The number of H-pyrrole nitrogens is 1. The van der Waals surface area contributed by atoms with Gasteiger partial charge in [-0.1, -0.05) is 13.3 Å². The van der Waals surface area contributed by atoms with Crippen LogP contribution in [0.4, 0.5) is 5.69 Å². The molecule has 0 saturated heterocycles. The van der Waals surface area contributed by atoms with Gasteiger partial charge < -0.3 is 9.72 Å². The van der Waals surface area contributed by atoms with Crippen molar-refractivity contribution in [3.8, 4) is 0 Å². The van der Waals surface area contributed by atoms with E-state index in [1.54, 1.807) is 32.0 Å². The Bertz CT molecular complexity index is 809. The van der Waals surface area contributed by atoms with Crippen LogP contribution in [0.2, 0.25) is 0 Å². The van der Waals surface area contributed by atoms with Gasteiger partial charge in [-0.2, -0.15) is 0 Å². The van der Waals surface area contributed by atoms with Gasteiger partial charge >= 0.3 is 5.97 Å². The Kier molecular flexibility index (Phi) is 5.30. The number of carbonyl (C=O) groups is 1. The number of carbonyl (C=O) groups excluding carboxylic acids is 1. The van der Waals surface area contributed by atoms with Crippen molar-refractivity contribution in [2.45, 2.75) is 33.6 Å². The van der Waals surface area contributed by atoms with Crippen LogP contribution >= 0.6 is 0 Å². The number of fused-ring (bicyclic) bond motifs is 1. The quantitative estimate of drug-likeness (QED) is 0.759. The molecule has 1 aromatic heterocycles. The van der Waals surface area contributed by atoms with Gasteiger partial charge in [0.15, 0.2) is 0 Å². The molecule has 7 heteroatoms. The fraction of sp³-hybridized carbons (Fsp3) is 0.438. The highest BCUT2D eigenvalue weighted by Crippen LogP contribution is 2.26. The highest BCUT2D eigenvalue weighted by atomic mass is 32.2. The maximum atomic E-state index is 12.0. The predicted molar refractivity (Wildman–Crippen MR) is 91.3 cm³/mol. The van der Waals surface area contributed by atoms with Crippen molar-refractivity contribution >= 4 is 32.6 Å². The van der Waals surface area contributed by atoms with Gasteiger partial charge in [0.1, 0.15) is 5.69 Å². The van der Waals surface area contributed by atoms with Gasteiger partial charge in [0.25, 0.3) is 0 Å². The minimum Gasteiger partial charge on any atom is -0.461 e. The number of rotatable bonds is 7. The molecule has 1 aromatic carbocycles. The molecule has 0 spiro atoms. The molecular formula is C16H22N2O4S. The lowest BCUT2D eigenvalue weighted by Crippen LogP contribution is -2.16. The Morgan fingerprint density at radius 1 is 1.30 bits per heavy atom. The number of unbranched alkanes of at least 4 members (excludes halogenated alkanes) is 1. The van der Waals surface area contributed by atoms with Crippen LogP contribution in [0.25, 0.3) is 10.9 Å². The zero-order valence-electron chi connectivity index (χ0n) is 13.6. The van der Waals surface area contributed by atoms with Gasteiger partial charge in [-0.15, -0.1) is 0 Å². The summed E-state index contributed by atoms with van der Waals surface area (Å²) in [6.45, 7) is 5.80. The summed E-state index contributed by atoms with van der Waals surface area (Å²) in [5.41, 5.74) is 2.40. The first-order valence-electron chi connectivity index (χ1n) is 7.68. The summed E-state index contributed by atoms with van der Waals surface area (Å²) in [6, 6.07) is 5.16. The molecule has 0 atom stereocenters. The summed E-state index contributed by atoms with van der Waals surface area (Å²) in [5.74, 6) is -0.312. The zero-order valence-corrected chi connectivity index (χ0v) is 14.4. The van der Waals surface area contributed by atoms with Crippen molar-refractivity contribution in [2.24, 2.45) is 0 Å². The first-order valence-corrected chi connectivity index (χ1v) is 9.33. The normalized spacial score (nSPS) is 11.6. The van der Waals surface area contributed by atoms with Gasteiger partial charge in [-0.05, 0) is 44.0 Å². The number of hydrogen-bond donors (Lipinski definition) is 2. The van der Waals surface area contributed by atoms with Crippen LogP contribution in [0.3, 0.4) is 0 Å². The fourth-order valence-electron chi connectivity index (χ4n) is 2.36. The third-order valence-electron chi connectivity index (χ3n) is 3.58. The lowest BCUT2D eigenvalue weighted by molar-refractivity contribution is 0.0519. The first-order chi connectivity index (χ1) is 10.9. The van der Waals surface area contributed by atoms with E-state index in [2.05, 4.69) is 9.71 Å². The van der Waals surface area contributed by atoms with Crippen molar-refractivity contribution < 1.29 is 17.9 Å². The van der Waals surface area contributed by atoms with Crippen LogP contribution in [0.15, 0.2) is 18.2 Å². The summed E-state index contributed by atoms with van der Waals surface area (Å²) < 4.78 is 31.6. The molecule has 6 nitrogen and oxygen atoms in total. The fourth-order valence-corrected chi connectivity index (χ4v) is 3.62. The van der Waals surface area contributed by atoms with Crippen LogP contribution in [0.5, 0.6) is 0 Å². The third kappa shape index (κ3) is 4.04. The van der Waals surface area contributed by atoms with Crippen molar-refractivity contribution in [1.82, 2.24) is 4.98 Å². The zero-order chi connectivity index (χ0) is 17.0. The standard InChI is InChI=1S/C16H22N2O4S/c1-4-6-9-23(20,21)18-12-7-8-14-13(10-12)11(3)15(17-14)16(19)22-5-2/h7-8,10,17-18H,4-6,9H2,1-3H3. The number of anilines is 1. The van der Waals surface area contributed by atoms with Gasteiger partial charge in [-0.3, -0.25) is 4.72 Å². The van der Waals surface area contributed by atoms with Crippen molar-refractivity contribution in [3.63, 3.8) is 0 Å². The maximum Gasteiger partial charge on any atom is 0.355 e. The van der Waals surface area contributed by atoms with Crippen molar-refractivity contribution in [3.05, 3.63) is 29.5 Å². The molecule has 0 aliphatic rings. The molecule has 0 aliphatic heterocycles. The molecule has 1 heterocycles. The van der Waals surface area contributed by atoms with E-state index in [4.69, 9.17) is 4.74 Å². The summed E-state index contributed by atoms with van der Waals surface area (Å²) >= 11 is 0. The molecule has 0 radical (unpaired) electrons. The largest absolute Gasteiger partial charge is 0.461 e. The van der Waals surface area contributed by atoms with Crippen molar-refractivity contribution in [1.29, 1.82) is 0 Å². The highest BCUT2D eigenvalue weighted by Gasteiger charge is 2.17. The average Bonchev–Trinajstić information content (AvgIpc) is 2.82. The van der Waals surface area contributed by atoms with Gasteiger partial charge in [0.05, 0.1) is 12.4 Å². The van der Waals surface area contributed by atoms with E-state index in [1.165, 1.54) is 0 Å². The summed E-state index contributed by atoms with van der Waals surface area (Å²) in [4.78, 5) is 14.9. The first kappa shape index (κ1) is 17.3. The molecule has 0 fully saturated rings. The van der Waals surface area contributed by atoms with Crippen LogP contribution < -0.4 is 4.72 Å². The third-order valence-corrected chi connectivity index (χ3v) is 4.95. The van der Waals surface area contributed by atoms with Crippen LogP contribution in [0.1, 0.15) is 42.7 Å². The number of esters is 1. The number of benzene rings is 1. The Hall–Kier alpha value is -2.02. The predicted octanol–water partition coefficient (Wildman–Crippen LogP) is 3.19. The number of nitrogens with one attached hydrogen (secondary N) is 2. The van der Waals surface area contributed by atoms with Crippen molar-refractivity contribution in [2.75, 3.05) is 17.1 Å². The van der Waals surface area contributed by atoms with E-state index in [0.29, 0.717) is 24.4 Å². The molecule has 2 N–H and O–H groups in total. The highest BCUT2D eigenvalue weighted by molar-refractivity contribution is 7.92. The number of aromatic nitrogens is 1. The molecule has 2 rings (SSSR count). The van der Waals surface area contributed by atoms with Gasteiger partial charge in [0, 0.05) is 16.6 Å². The molecule has 0 unspecified atom stereocenters. The van der Waals surface area contributed by atoms with Crippen LogP contribution in [-0.2, 0) is 14.8 Å². The lowest BCUT2D eigenvalue weighted by Gasteiger charge is -2.07. The second-order valence-electron chi connectivity index (χ2n) is 5.38. The lowest BCUT2D eigenvalue weighted by atomic mass is 10.1. The Morgan fingerprint density at radius 2 is 2.04 bits per heavy atom.